The van der Waals surface area contributed by atoms with Gasteiger partial charge in [0.25, 0.3) is 5.91 Å². The molecular formula is C23H31NO. The zero-order chi connectivity index (χ0) is 18.4. The van der Waals surface area contributed by atoms with Crippen LogP contribution in [0.15, 0.2) is 59.7 Å². The van der Waals surface area contributed by atoms with Crippen LogP contribution in [0.25, 0.3) is 0 Å². The third-order valence-electron chi connectivity index (χ3n) is 4.90. The number of allylic oxidation sites excluding steroid dienone is 4. The molecule has 2 aliphatic rings. The van der Waals surface area contributed by atoms with E-state index in [-0.39, 0.29) is 5.91 Å². The minimum absolute atomic E-state index is 0.155. The summed E-state index contributed by atoms with van der Waals surface area (Å²) in [5, 5.41) is 0. The third kappa shape index (κ3) is 4.50. The molecule has 0 radical (unpaired) electrons. The van der Waals surface area contributed by atoms with Crippen molar-refractivity contribution < 1.29 is 4.79 Å². The maximum Gasteiger partial charge on any atom is 0.254 e. The van der Waals surface area contributed by atoms with Crippen molar-refractivity contribution in [3.63, 3.8) is 0 Å². The van der Waals surface area contributed by atoms with Crippen molar-refractivity contribution in [2.24, 2.45) is 11.8 Å². The molecule has 0 saturated heterocycles. The lowest BCUT2D eigenvalue weighted by Crippen LogP contribution is -2.36. The lowest BCUT2D eigenvalue weighted by Gasteiger charge is -2.29. The van der Waals surface area contributed by atoms with Gasteiger partial charge in [0.1, 0.15) is 0 Å². The van der Waals surface area contributed by atoms with Crippen LogP contribution in [0, 0.1) is 11.8 Å². The molecule has 2 heteroatoms. The number of nitrogens with zero attached hydrogens (tertiary/aromatic N) is 1. The molecule has 0 saturated carbocycles. The van der Waals surface area contributed by atoms with Crippen LogP contribution in [0.5, 0.6) is 0 Å². The Morgan fingerprint density at radius 2 is 1.72 bits per heavy atom. The van der Waals surface area contributed by atoms with Crippen LogP contribution >= 0.6 is 0 Å². The molecule has 0 bridgehead atoms. The first-order valence-electron chi connectivity index (χ1n) is 9.49. The van der Waals surface area contributed by atoms with E-state index in [0.29, 0.717) is 11.8 Å². The van der Waals surface area contributed by atoms with Crippen LogP contribution in [-0.4, -0.2) is 17.4 Å². The second-order valence-electron chi connectivity index (χ2n) is 6.88. The number of carbonyl (C=O) groups excluding carboxylic acids is 1. The zero-order valence-corrected chi connectivity index (χ0v) is 16.3. The Morgan fingerprint density at radius 3 is 2.40 bits per heavy atom. The minimum atomic E-state index is 0.155. The second kappa shape index (κ2) is 8.84. The fourth-order valence-corrected chi connectivity index (χ4v) is 3.27. The summed E-state index contributed by atoms with van der Waals surface area (Å²) in [6.07, 6.45) is 9.46. The van der Waals surface area contributed by atoms with E-state index in [9.17, 15) is 4.79 Å². The summed E-state index contributed by atoms with van der Waals surface area (Å²) < 4.78 is 0. The van der Waals surface area contributed by atoms with Crippen molar-refractivity contribution in [3.8, 4) is 0 Å². The molecule has 134 valence electrons. The van der Waals surface area contributed by atoms with Gasteiger partial charge in [0, 0.05) is 18.7 Å². The Bertz CT molecular complexity index is 694. The summed E-state index contributed by atoms with van der Waals surface area (Å²) in [4.78, 5) is 15.0. The number of rotatable bonds is 2. The molecule has 1 unspecified atom stereocenters. The molecule has 1 aromatic carbocycles. The van der Waals surface area contributed by atoms with E-state index in [1.807, 2.05) is 31.7 Å². The van der Waals surface area contributed by atoms with Crippen molar-refractivity contribution in [1.82, 2.24) is 4.90 Å². The van der Waals surface area contributed by atoms with E-state index in [0.717, 1.165) is 30.7 Å². The predicted octanol–water partition coefficient (Wildman–Crippen LogP) is 5.31. The Hall–Kier alpha value is -2.09. The van der Waals surface area contributed by atoms with E-state index in [4.69, 9.17) is 0 Å². The monoisotopic (exact) mass is 337 g/mol. The Balaban J connectivity index is 0.00000109. The summed E-state index contributed by atoms with van der Waals surface area (Å²) in [7, 11) is 0. The fourth-order valence-electron chi connectivity index (χ4n) is 3.27. The predicted molar refractivity (Wildman–Crippen MR) is 106 cm³/mol. The van der Waals surface area contributed by atoms with Crippen LogP contribution in [-0.2, 0) is 17.8 Å². The largest absolute Gasteiger partial charge is 0.334 e. The maximum atomic E-state index is 13.0. The smallest absolute Gasteiger partial charge is 0.254 e. The average molecular weight is 338 g/mol. The van der Waals surface area contributed by atoms with Crippen molar-refractivity contribution in [3.05, 3.63) is 70.8 Å². The zero-order valence-electron chi connectivity index (χ0n) is 16.3. The van der Waals surface area contributed by atoms with Gasteiger partial charge in [0.2, 0.25) is 0 Å². The molecule has 3 rings (SSSR count). The van der Waals surface area contributed by atoms with Crippen molar-refractivity contribution >= 4 is 5.91 Å². The SMILES string of the molecule is CC.CC1=C(C(=O)N2CCc3ccccc3C2)C=CC(C(C)C)C=C1. The molecule has 1 aromatic rings. The summed E-state index contributed by atoms with van der Waals surface area (Å²) >= 11 is 0. The van der Waals surface area contributed by atoms with Gasteiger partial charge in [0.05, 0.1) is 0 Å². The molecule has 0 aromatic heterocycles. The molecule has 25 heavy (non-hydrogen) atoms. The molecule has 0 fully saturated rings. The van der Waals surface area contributed by atoms with Crippen molar-refractivity contribution in [2.45, 2.75) is 47.6 Å². The van der Waals surface area contributed by atoms with Gasteiger partial charge in [-0.05, 0) is 41.9 Å². The first-order valence-corrected chi connectivity index (χ1v) is 9.49. The molecule has 0 spiro atoms. The van der Waals surface area contributed by atoms with Crippen LogP contribution in [0.4, 0.5) is 0 Å². The van der Waals surface area contributed by atoms with Crippen LogP contribution in [0.2, 0.25) is 0 Å². The van der Waals surface area contributed by atoms with Gasteiger partial charge in [-0.15, -0.1) is 0 Å². The average Bonchev–Trinajstić information content (AvgIpc) is 2.84. The van der Waals surface area contributed by atoms with E-state index >= 15 is 0 Å². The Morgan fingerprint density at radius 1 is 1.08 bits per heavy atom. The highest BCUT2D eigenvalue weighted by Crippen LogP contribution is 2.25. The van der Waals surface area contributed by atoms with Crippen LogP contribution < -0.4 is 0 Å². The number of benzene rings is 1. The molecule has 1 aliphatic carbocycles. The Labute approximate surface area is 152 Å². The summed E-state index contributed by atoms with van der Waals surface area (Å²) in [6, 6.07) is 8.43. The van der Waals surface area contributed by atoms with Crippen LogP contribution in [0.3, 0.4) is 0 Å². The second-order valence-corrected chi connectivity index (χ2v) is 6.88. The molecule has 1 atom stereocenters. The maximum absolute atomic E-state index is 13.0. The van der Waals surface area contributed by atoms with Gasteiger partial charge in [-0.2, -0.15) is 0 Å². The van der Waals surface area contributed by atoms with Gasteiger partial charge in [-0.3, -0.25) is 4.79 Å². The third-order valence-corrected chi connectivity index (χ3v) is 4.90. The minimum Gasteiger partial charge on any atom is -0.334 e. The van der Waals surface area contributed by atoms with Gasteiger partial charge >= 0.3 is 0 Å². The van der Waals surface area contributed by atoms with E-state index in [1.165, 1.54) is 11.1 Å². The highest BCUT2D eigenvalue weighted by atomic mass is 16.2. The first kappa shape index (κ1) is 19.2. The molecule has 1 heterocycles. The van der Waals surface area contributed by atoms with Crippen molar-refractivity contribution in [2.75, 3.05) is 6.54 Å². The van der Waals surface area contributed by atoms with Crippen molar-refractivity contribution in [1.29, 1.82) is 0 Å². The van der Waals surface area contributed by atoms with E-state index in [2.05, 4.69) is 56.3 Å². The van der Waals surface area contributed by atoms with E-state index in [1.54, 1.807) is 0 Å². The van der Waals surface area contributed by atoms with Gasteiger partial charge < -0.3 is 4.90 Å². The number of amides is 1. The standard InChI is InChI=1S/C21H25NO.C2H6/c1-15(2)17-9-8-16(3)20(11-10-17)21(23)22-13-12-18-6-4-5-7-19(18)14-22;1-2/h4-11,15,17H,12-14H2,1-3H3;1-2H3. The molecule has 0 N–H and O–H groups in total. The lowest BCUT2D eigenvalue weighted by atomic mass is 9.95. The van der Waals surface area contributed by atoms with Gasteiger partial charge in [-0.25, -0.2) is 0 Å². The quantitative estimate of drug-likeness (QED) is 0.716. The van der Waals surface area contributed by atoms with Gasteiger partial charge in [0.15, 0.2) is 0 Å². The highest BCUT2D eigenvalue weighted by molar-refractivity contribution is 5.97. The summed E-state index contributed by atoms with van der Waals surface area (Å²) in [6.45, 7) is 12.0. The Kier molecular flexibility index (Phi) is 6.81. The fraction of sp³-hybridized carbons (Fsp3) is 0.435. The summed E-state index contributed by atoms with van der Waals surface area (Å²) in [5.74, 6) is 1.10. The topological polar surface area (TPSA) is 20.3 Å². The molecular weight excluding hydrogens is 306 g/mol. The van der Waals surface area contributed by atoms with Gasteiger partial charge in [-0.1, -0.05) is 76.3 Å². The number of carbonyl (C=O) groups is 1. The number of hydrogen-bond acceptors (Lipinski definition) is 1. The van der Waals surface area contributed by atoms with Crippen LogP contribution in [0.1, 0.15) is 45.7 Å². The van der Waals surface area contributed by atoms with E-state index < -0.39 is 0 Å². The first-order chi connectivity index (χ1) is 12.1. The number of hydrogen-bond donors (Lipinski definition) is 0. The summed E-state index contributed by atoms with van der Waals surface area (Å²) in [5.41, 5.74) is 4.55. The number of fused-ring (bicyclic) bond motifs is 1. The molecule has 1 amide bonds. The molecule has 2 nitrogen and oxygen atoms in total. The normalized spacial score (nSPS) is 19.3. The highest BCUT2D eigenvalue weighted by Gasteiger charge is 2.23. The lowest BCUT2D eigenvalue weighted by molar-refractivity contribution is -0.127. The molecule has 1 aliphatic heterocycles.